The lowest BCUT2D eigenvalue weighted by Crippen LogP contribution is -2.28. The summed E-state index contributed by atoms with van der Waals surface area (Å²) in [6, 6.07) is 2.37. The minimum atomic E-state index is -0.982. The van der Waals surface area contributed by atoms with E-state index in [1.165, 1.54) is 6.92 Å². The van der Waals surface area contributed by atoms with Crippen LogP contribution >= 0.6 is 23.2 Å². The van der Waals surface area contributed by atoms with Crippen LogP contribution < -0.4 is 0 Å². The SMILES string of the molecule is CCOC(=O)C[C@H](c1c(C)ccc(Cl)c1Cl)[C@@H](C)[N+](=O)[O-]. The lowest BCUT2D eigenvalue weighted by Gasteiger charge is -2.21. The Balaban J connectivity index is 3.27. The Morgan fingerprint density at radius 3 is 2.57 bits per heavy atom. The predicted octanol–water partition coefficient (Wildman–Crippen LogP) is 4.00. The van der Waals surface area contributed by atoms with E-state index in [4.69, 9.17) is 27.9 Å². The van der Waals surface area contributed by atoms with Crippen LogP contribution in [0.1, 0.15) is 37.3 Å². The van der Waals surface area contributed by atoms with Gasteiger partial charge >= 0.3 is 5.97 Å². The topological polar surface area (TPSA) is 69.4 Å². The monoisotopic (exact) mass is 333 g/mol. The van der Waals surface area contributed by atoms with Crippen molar-refractivity contribution in [3.05, 3.63) is 43.4 Å². The van der Waals surface area contributed by atoms with Gasteiger partial charge in [0.1, 0.15) is 0 Å². The van der Waals surface area contributed by atoms with Crippen LogP contribution in [0.25, 0.3) is 0 Å². The highest BCUT2D eigenvalue weighted by Crippen LogP contribution is 2.37. The molecule has 0 heterocycles. The Morgan fingerprint density at radius 1 is 1.43 bits per heavy atom. The fourth-order valence-corrected chi connectivity index (χ4v) is 2.70. The van der Waals surface area contributed by atoms with Gasteiger partial charge in [0, 0.05) is 11.8 Å². The Bertz CT molecular complexity index is 548. The number of nitrogens with zero attached hydrogens (tertiary/aromatic N) is 1. The van der Waals surface area contributed by atoms with E-state index in [-0.39, 0.29) is 18.1 Å². The number of benzene rings is 1. The van der Waals surface area contributed by atoms with E-state index >= 15 is 0 Å². The first kappa shape index (κ1) is 17.7. The number of halogens is 2. The molecule has 0 fully saturated rings. The molecule has 1 aromatic rings. The number of hydrogen-bond acceptors (Lipinski definition) is 4. The fraction of sp³-hybridized carbons (Fsp3) is 0.500. The molecule has 2 atom stereocenters. The van der Waals surface area contributed by atoms with Crippen molar-refractivity contribution in [2.45, 2.75) is 39.2 Å². The van der Waals surface area contributed by atoms with Gasteiger partial charge in [0.15, 0.2) is 0 Å². The van der Waals surface area contributed by atoms with Gasteiger partial charge in [-0.2, -0.15) is 0 Å². The zero-order chi connectivity index (χ0) is 16.2. The summed E-state index contributed by atoms with van der Waals surface area (Å²) in [6.45, 7) is 5.13. The molecule has 0 aliphatic carbocycles. The summed E-state index contributed by atoms with van der Waals surface area (Å²) in [7, 11) is 0. The summed E-state index contributed by atoms with van der Waals surface area (Å²) in [6.07, 6.45) is -0.114. The standard InChI is InChI=1S/C14H17Cl2NO4/c1-4-21-12(18)7-10(9(3)17(19)20)13-8(2)5-6-11(15)14(13)16/h5-6,9-10H,4,7H2,1-3H3/t9-,10+/m1/s1. The number of esters is 1. The van der Waals surface area contributed by atoms with Gasteiger partial charge in [0.25, 0.3) is 0 Å². The number of carbonyl (C=O) groups is 1. The van der Waals surface area contributed by atoms with Crippen LogP contribution in [-0.2, 0) is 9.53 Å². The second-order valence-corrected chi connectivity index (χ2v) is 5.52. The van der Waals surface area contributed by atoms with Crippen LogP contribution in [0.2, 0.25) is 10.0 Å². The Morgan fingerprint density at radius 2 is 2.05 bits per heavy atom. The molecule has 0 aliphatic heterocycles. The van der Waals surface area contributed by atoms with Crippen LogP contribution in [-0.4, -0.2) is 23.5 Å². The van der Waals surface area contributed by atoms with E-state index in [2.05, 4.69) is 0 Å². The molecule has 7 heteroatoms. The smallest absolute Gasteiger partial charge is 0.306 e. The molecular formula is C14H17Cl2NO4. The number of rotatable bonds is 6. The average molecular weight is 334 g/mol. The van der Waals surface area contributed by atoms with Crippen molar-refractivity contribution in [3.8, 4) is 0 Å². The maximum absolute atomic E-state index is 11.7. The second kappa shape index (κ2) is 7.61. The van der Waals surface area contributed by atoms with Crippen molar-refractivity contribution in [2.75, 3.05) is 6.61 Å². The van der Waals surface area contributed by atoms with Crippen molar-refractivity contribution in [1.29, 1.82) is 0 Å². The normalized spacial score (nSPS) is 13.6. The summed E-state index contributed by atoms with van der Waals surface area (Å²) in [4.78, 5) is 22.4. The van der Waals surface area contributed by atoms with Gasteiger partial charge in [-0.15, -0.1) is 0 Å². The van der Waals surface area contributed by atoms with E-state index in [1.807, 2.05) is 0 Å². The molecule has 116 valence electrons. The number of carbonyl (C=O) groups excluding carboxylic acids is 1. The van der Waals surface area contributed by atoms with Crippen molar-refractivity contribution in [3.63, 3.8) is 0 Å². The molecule has 1 rings (SSSR count). The molecular weight excluding hydrogens is 317 g/mol. The molecule has 0 bridgehead atoms. The highest BCUT2D eigenvalue weighted by atomic mass is 35.5. The highest BCUT2D eigenvalue weighted by Gasteiger charge is 2.34. The van der Waals surface area contributed by atoms with Gasteiger partial charge in [-0.25, -0.2) is 0 Å². The maximum atomic E-state index is 11.7. The molecule has 1 aromatic carbocycles. The van der Waals surface area contributed by atoms with Gasteiger partial charge in [-0.05, 0) is 31.0 Å². The van der Waals surface area contributed by atoms with Crippen molar-refractivity contribution in [1.82, 2.24) is 0 Å². The molecule has 0 unspecified atom stereocenters. The van der Waals surface area contributed by atoms with Crippen LogP contribution in [0.3, 0.4) is 0 Å². The quantitative estimate of drug-likeness (QED) is 0.448. The van der Waals surface area contributed by atoms with E-state index in [0.29, 0.717) is 10.6 Å². The molecule has 0 radical (unpaired) electrons. The molecule has 0 aromatic heterocycles. The molecule has 0 spiro atoms. The van der Waals surface area contributed by atoms with E-state index in [1.54, 1.807) is 26.0 Å². The Kier molecular flexibility index (Phi) is 6.42. The first-order valence-electron chi connectivity index (χ1n) is 6.53. The zero-order valence-corrected chi connectivity index (χ0v) is 13.6. The van der Waals surface area contributed by atoms with E-state index < -0.39 is 22.9 Å². The fourth-order valence-electron chi connectivity index (χ4n) is 2.18. The maximum Gasteiger partial charge on any atom is 0.306 e. The molecule has 21 heavy (non-hydrogen) atoms. The lowest BCUT2D eigenvalue weighted by atomic mass is 9.87. The van der Waals surface area contributed by atoms with Crippen molar-refractivity contribution in [2.24, 2.45) is 0 Å². The summed E-state index contributed by atoms with van der Waals surface area (Å²) < 4.78 is 4.90. The number of ether oxygens (including phenoxy) is 1. The van der Waals surface area contributed by atoms with Crippen molar-refractivity contribution >= 4 is 29.2 Å². The van der Waals surface area contributed by atoms with E-state index in [9.17, 15) is 14.9 Å². The molecule has 5 nitrogen and oxygen atoms in total. The molecule has 0 saturated carbocycles. The number of aryl methyl sites for hydroxylation is 1. The molecule has 0 saturated heterocycles. The van der Waals surface area contributed by atoms with Gasteiger partial charge in [0.05, 0.1) is 29.0 Å². The summed E-state index contributed by atoms with van der Waals surface area (Å²) in [5, 5.41) is 11.7. The van der Waals surface area contributed by atoms with Gasteiger partial charge in [0.2, 0.25) is 6.04 Å². The predicted molar refractivity (Wildman–Crippen MR) is 81.6 cm³/mol. The largest absolute Gasteiger partial charge is 0.466 e. The van der Waals surface area contributed by atoms with Crippen LogP contribution in [0.4, 0.5) is 0 Å². The lowest BCUT2D eigenvalue weighted by molar-refractivity contribution is -0.522. The molecule has 0 N–H and O–H groups in total. The van der Waals surface area contributed by atoms with Crippen LogP contribution in [0.5, 0.6) is 0 Å². The summed E-state index contributed by atoms with van der Waals surface area (Å²) in [5.74, 6) is -1.18. The summed E-state index contributed by atoms with van der Waals surface area (Å²) in [5.41, 5.74) is 1.29. The minimum absolute atomic E-state index is 0.114. The third-order valence-electron chi connectivity index (χ3n) is 3.33. The minimum Gasteiger partial charge on any atom is -0.466 e. The Labute approximate surface area is 133 Å². The van der Waals surface area contributed by atoms with Gasteiger partial charge in [-0.1, -0.05) is 29.3 Å². The highest BCUT2D eigenvalue weighted by molar-refractivity contribution is 6.42. The molecule has 0 aliphatic rings. The summed E-state index contributed by atoms with van der Waals surface area (Å²) >= 11 is 12.2. The first-order valence-corrected chi connectivity index (χ1v) is 7.28. The van der Waals surface area contributed by atoms with Crippen LogP contribution in [0, 0.1) is 17.0 Å². The van der Waals surface area contributed by atoms with E-state index in [0.717, 1.165) is 5.56 Å². The third-order valence-corrected chi connectivity index (χ3v) is 4.15. The first-order chi connectivity index (χ1) is 9.79. The Hall–Kier alpha value is -1.33. The second-order valence-electron chi connectivity index (χ2n) is 4.73. The van der Waals surface area contributed by atoms with Crippen molar-refractivity contribution < 1.29 is 14.5 Å². The average Bonchev–Trinajstić information content (AvgIpc) is 2.41. The van der Waals surface area contributed by atoms with Gasteiger partial charge in [-0.3, -0.25) is 14.9 Å². The number of nitro groups is 1. The zero-order valence-electron chi connectivity index (χ0n) is 12.1. The third kappa shape index (κ3) is 4.32. The number of hydrogen-bond donors (Lipinski definition) is 0. The van der Waals surface area contributed by atoms with Crippen LogP contribution in [0.15, 0.2) is 12.1 Å². The van der Waals surface area contributed by atoms with Gasteiger partial charge < -0.3 is 4.74 Å². The molecule has 0 amide bonds.